The van der Waals surface area contributed by atoms with Crippen molar-refractivity contribution in [3.63, 3.8) is 0 Å². The lowest BCUT2D eigenvalue weighted by atomic mass is 9.97. The average Bonchev–Trinajstić information content (AvgIpc) is 2.64. The Morgan fingerprint density at radius 3 is 1.76 bits per heavy atom. The summed E-state index contributed by atoms with van der Waals surface area (Å²) in [6, 6.07) is 20.1. The van der Waals surface area contributed by atoms with Gasteiger partial charge in [-0.15, -0.1) is 13.2 Å². The number of carbonyl (C=O) groups excluding carboxylic acids is 1. The van der Waals surface area contributed by atoms with E-state index in [-0.39, 0.29) is 11.9 Å². The van der Waals surface area contributed by atoms with Crippen molar-refractivity contribution in [3.8, 4) is 0 Å². The zero-order valence-corrected chi connectivity index (χ0v) is 14.8. The highest BCUT2D eigenvalue weighted by Crippen LogP contribution is 2.27. The van der Waals surface area contributed by atoms with Crippen molar-refractivity contribution in [2.24, 2.45) is 0 Å². The molecule has 0 atom stereocenters. The Kier molecular flexibility index (Phi) is 7.17. The van der Waals surface area contributed by atoms with Gasteiger partial charge in [-0.25, -0.2) is 0 Å². The van der Waals surface area contributed by atoms with Crippen molar-refractivity contribution in [3.05, 3.63) is 97.1 Å². The minimum Gasteiger partial charge on any atom is -0.334 e. The summed E-state index contributed by atoms with van der Waals surface area (Å²) in [5, 5.41) is 0. The Morgan fingerprint density at radius 2 is 1.36 bits per heavy atom. The monoisotopic (exact) mass is 334 g/mol. The van der Waals surface area contributed by atoms with Gasteiger partial charge in [0.05, 0.1) is 12.6 Å². The number of rotatable bonds is 9. The number of amides is 1. The lowest BCUT2D eigenvalue weighted by Crippen LogP contribution is -2.40. The van der Waals surface area contributed by atoms with E-state index in [2.05, 4.69) is 37.4 Å². The third-order valence-electron chi connectivity index (χ3n) is 4.14. The predicted molar refractivity (Wildman–Crippen MR) is 104 cm³/mol. The minimum atomic E-state index is -0.107. The van der Waals surface area contributed by atoms with Gasteiger partial charge in [-0.05, 0) is 11.1 Å². The molecular weight excluding hydrogens is 308 g/mol. The van der Waals surface area contributed by atoms with Crippen molar-refractivity contribution in [1.82, 2.24) is 9.80 Å². The molecule has 0 bridgehead atoms. The topological polar surface area (TPSA) is 23.6 Å². The van der Waals surface area contributed by atoms with Gasteiger partial charge in [0.2, 0.25) is 5.91 Å². The van der Waals surface area contributed by atoms with E-state index in [0.29, 0.717) is 19.6 Å². The molecule has 3 heteroatoms. The van der Waals surface area contributed by atoms with Crippen LogP contribution in [0.25, 0.3) is 0 Å². The fraction of sp³-hybridized carbons (Fsp3) is 0.227. The fourth-order valence-corrected chi connectivity index (χ4v) is 2.93. The number of nitrogens with zero attached hydrogens (tertiary/aromatic N) is 2. The molecule has 0 heterocycles. The summed E-state index contributed by atoms with van der Waals surface area (Å²) in [5.74, 6) is 0.0707. The first kappa shape index (κ1) is 18.7. The van der Waals surface area contributed by atoms with Gasteiger partial charge >= 0.3 is 0 Å². The molecule has 0 spiro atoms. The van der Waals surface area contributed by atoms with Gasteiger partial charge in [-0.2, -0.15) is 0 Å². The Labute approximate surface area is 150 Å². The van der Waals surface area contributed by atoms with Gasteiger partial charge < -0.3 is 4.90 Å². The predicted octanol–water partition coefficient (Wildman–Crippen LogP) is 3.91. The Morgan fingerprint density at radius 1 is 0.920 bits per heavy atom. The second-order valence-corrected chi connectivity index (χ2v) is 6.00. The van der Waals surface area contributed by atoms with Crippen LogP contribution in [0.2, 0.25) is 0 Å². The normalized spacial score (nSPS) is 10.7. The summed E-state index contributed by atoms with van der Waals surface area (Å²) >= 11 is 0. The minimum absolute atomic E-state index is 0.0707. The molecule has 130 valence electrons. The van der Waals surface area contributed by atoms with E-state index in [1.54, 1.807) is 0 Å². The van der Waals surface area contributed by atoms with Crippen LogP contribution in [0.4, 0.5) is 0 Å². The number of benzene rings is 2. The van der Waals surface area contributed by atoms with E-state index in [0.717, 1.165) is 11.1 Å². The maximum atomic E-state index is 12.9. The molecule has 0 saturated carbocycles. The van der Waals surface area contributed by atoms with Crippen LogP contribution in [0.3, 0.4) is 0 Å². The van der Waals surface area contributed by atoms with Gasteiger partial charge in [0, 0.05) is 20.1 Å². The quantitative estimate of drug-likeness (QED) is 0.649. The van der Waals surface area contributed by atoms with Crippen LogP contribution in [0.5, 0.6) is 0 Å². The standard InChI is InChI=1S/C22H26N2O/c1-4-16-24(17-5-2)18-21(25)23(3)22(19-12-8-6-9-13-19)20-14-10-7-11-15-20/h4-15,22H,1-2,16-18H2,3H3. The van der Waals surface area contributed by atoms with Crippen LogP contribution >= 0.6 is 0 Å². The van der Waals surface area contributed by atoms with E-state index >= 15 is 0 Å². The zero-order chi connectivity index (χ0) is 18.1. The fourth-order valence-electron chi connectivity index (χ4n) is 2.93. The highest BCUT2D eigenvalue weighted by Gasteiger charge is 2.24. The van der Waals surface area contributed by atoms with Crippen molar-refractivity contribution < 1.29 is 4.79 Å². The molecule has 0 aromatic heterocycles. The van der Waals surface area contributed by atoms with Gasteiger partial charge in [0.1, 0.15) is 0 Å². The maximum Gasteiger partial charge on any atom is 0.237 e. The lowest BCUT2D eigenvalue weighted by molar-refractivity contribution is -0.132. The maximum absolute atomic E-state index is 12.9. The molecule has 0 unspecified atom stereocenters. The molecule has 0 saturated heterocycles. The third kappa shape index (κ3) is 5.16. The lowest BCUT2D eigenvalue weighted by Gasteiger charge is -2.31. The molecule has 0 aliphatic carbocycles. The Bertz CT molecular complexity index is 632. The summed E-state index contributed by atoms with van der Waals surface area (Å²) in [6.07, 6.45) is 3.62. The SMILES string of the molecule is C=CCN(CC=C)CC(=O)N(C)C(c1ccccc1)c1ccccc1. The van der Waals surface area contributed by atoms with Crippen molar-refractivity contribution >= 4 is 5.91 Å². The van der Waals surface area contributed by atoms with Crippen LogP contribution in [0.1, 0.15) is 17.2 Å². The molecule has 0 fully saturated rings. The molecule has 0 aliphatic rings. The molecular formula is C22H26N2O. The van der Waals surface area contributed by atoms with Gasteiger partial charge in [0.25, 0.3) is 0 Å². The Hall–Kier alpha value is -2.65. The van der Waals surface area contributed by atoms with Gasteiger partial charge in [-0.3, -0.25) is 9.69 Å². The molecule has 2 rings (SSSR count). The summed E-state index contributed by atoms with van der Waals surface area (Å²) < 4.78 is 0. The number of hydrogen-bond acceptors (Lipinski definition) is 2. The first-order valence-electron chi connectivity index (χ1n) is 8.47. The second kappa shape index (κ2) is 9.60. The van der Waals surface area contributed by atoms with Gasteiger partial charge in [-0.1, -0.05) is 72.8 Å². The zero-order valence-electron chi connectivity index (χ0n) is 14.8. The molecule has 2 aromatic carbocycles. The number of likely N-dealkylation sites (N-methyl/N-ethyl adjacent to an activating group) is 1. The molecule has 2 aromatic rings. The van der Waals surface area contributed by atoms with E-state index in [4.69, 9.17) is 0 Å². The van der Waals surface area contributed by atoms with Crippen molar-refractivity contribution in [2.75, 3.05) is 26.7 Å². The van der Waals surface area contributed by atoms with E-state index < -0.39 is 0 Å². The van der Waals surface area contributed by atoms with Crippen LogP contribution in [0, 0.1) is 0 Å². The molecule has 0 N–H and O–H groups in total. The summed E-state index contributed by atoms with van der Waals surface area (Å²) in [7, 11) is 1.87. The second-order valence-electron chi connectivity index (χ2n) is 6.00. The summed E-state index contributed by atoms with van der Waals surface area (Å²) in [4.78, 5) is 16.7. The van der Waals surface area contributed by atoms with Crippen LogP contribution < -0.4 is 0 Å². The average molecular weight is 334 g/mol. The molecule has 0 aliphatic heterocycles. The summed E-state index contributed by atoms with van der Waals surface area (Å²) in [6.45, 7) is 9.19. The molecule has 1 amide bonds. The Balaban J connectivity index is 2.26. The summed E-state index contributed by atoms with van der Waals surface area (Å²) in [5.41, 5.74) is 2.20. The highest BCUT2D eigenvalue weighted by molar-refractivity contribution is 5.79. The van der Waals surface area contributed by atoms with Crippen molar-refractivity contribution in [2.45, 2.75) is 6.04 Å². The first-order chi connectivity index (χ1) is 12.2. The van der Waals surface area contributed by atoms with Crippen LogP contribution in [-0.4, -0.2) is 42.4 Å². The van der Waals surface area contributed by atoms with E-state index in [1.165, 1.54) is 0 Å². The molecule has 0 radical (unpaired) electrons. The van der Waals surface area contributed by atoms with Crippen LogP contribution in [0.15, 0.2) is 86.0 Å². The first-order valence-corrected chi connectivity index (χ1v) is 8.47. The number of hydrogen-bond donors (Lipinski definition) is 0. The third-order valence-corrected chi connectivity index (χ3v) is 4.14. The smallest absolute Gasteiger partial charge is 0.237 e. The van der Waals surface area contributed by atoms with E-state index in [1.807, 2.05) is 65.4 Å². The van der Waals surface area contributed by atoms with Crippen molar-refractivity contribution in [1.29, 1.82) is 0 Å². The van der Waals surface area contributed by atoms with E-state index in [9.17, 15) is 4.79 Å². The molecule has 3 nitrogen and oxygen atoms in total. The molecule has 25 heavy (non-hydrogen) atoms. The largest absolute Gasteiger partial charge is 0.334 e. The van der Waals surface area contributed by atoms with Gasteiger partial charge in [0.15, 0.2) is 0 Å². The van der Waals surface area contributed by atoms with Crippen LogP contribution in [-0.2, 0) is 4.79 Å². The highest BCUT2D eigenvalue weighted by atomic mass is 16.2. The number of carbonyl (C=O) groups is 1.